The number of methoxy groups -OCH3 is 1. The van der Waals surface area contributed by atoms with Crippen LogP contribution in [-0.4, -0.2) is 31.7 Å². The Morgan fingerprint density at radius 2 is 2.00 bits per heavy atom. The van der Waals surface area contributed by atoms with E-state index in [1.54, 1.807) is 7.11 Å². The van der Waals surface area contributed by atoms with Crippen LogP contribution in [0.2, 0.25) is 0 Å². The fraction of sp³-hybridized carbons (Fsp3) is 0.562. The molecule has 1 rings (SSSR count). The lowest BCUT2D eigenvalue weighted by atomic mass is 9.99. The first-order valence-electron chi connectivity index (χ1n) is 7.31. The molecule has 0 spiro atoms. The lowest BCUT2D eigenvalue weighted by Gasteiger charge is -2.20. The highest BCUT2D eigenvalue weighted by Gasteiger charge is 2.19. The molecule has 0 fully saturated rings. The summed E-state index contributed by atoms with van der Waals surface area (Å²) in [6, 6.07) is 6.90. The van der Waals surface area contributed by atoms with Crippen LogP contribution in [0.25, 0.3) is 0 Å². The Balaban J connectivity index is 2.43. The van der Waals surface area contributed by atoms with E-state index < -0.39 is 6.04 Å². The van der Waals surface area contributed by atoms with Crippen LogP contribution in [-0.2, 0) is 4.79 Å². The van der Waals surface area contributed by atoms with Gasteiger partial charge in [0.25, 0.3) is 0 Å². The van der Waals surface area contributed by atoms with Crippen molar-refractivity contribution in [3.05, 3.63) is 24.3 Å². The quantitative estimate of drug-likeness (QED) is 0.768. The fourth-order valence-electron chi connectivity index (χ4n) is 1.82. The molecule has 0 radical (unpaired) electrons. The van der Waals surface area contributed by atoms with Crippen LogP contribution in [0.4, 0.5) is 0 Å². The third kappa shape index (κ3) is 5.63. The van der Waals surface area contributed by atoms with Crippen molar-refractivity contribution in [2.45, 2.75) is 39.3 Å². The molecule has 0 bridgehead atoms. The minimum absolute atomic E-state index is 0.134. The molecule has 1 amide bonds. The Bertz CT molecular complexity index is 451. The van der Waals surface area contributed by atoms with Crippen LogP contribution >= 0.6 is 0 Å². The van der Waals surface area contributed by atoms with Gasteiger partial charge in [0, 0.05) is 6.07 Å². The number of hydrogen-bond donors (Lipinski definition) is 2. The molecule has 118 valence electrons. The number of nitrogens with two attached hydrogens (primary N) is 1. The molecule has 3 atom stereocenters. The zero-order valence-corrected chi connectivity index (χ0v) is 13.3. The molecule has 3 unspecified atom stereocenters. The lowest BCUT2D eigenvalue weighted by molar-refractivity contribution is -0.123. The van der Waals surface area contributed by atoms with E-state index in [1.807, 2.05) is 45.0 Å². The third-order valence-electron chi connectivity index (χ3n) is 3.50. The second-order valence-corrected chi connectivity index (χ2v) is 5.26. The summed E-state index contributed by atoms with van der Waals surface area (Å²) in [6.45, 7) is 6.31. The Morgan fingerprint density at radius 1 is 1.33 bits per heavy atom. The van der Waals surface area contributed by atoms with Crippen LogP contribution in [0, 0.1) is 5.92 Å². The maximum absolute atomic E-state index is 11.9. The molecule has 0 aliphatic carbocycles. The number of nitrogens with one attached hydrogen (secondary N) is 1. The predicted molar refractivity (Wildman–Crippen MR) is 83.5 cm³/mol. The lowest BCUT2D eigenvalue weighted by Crippen LogP contribution is -2.47. The average Bonchev–Trinajstić information content (AvgIpc) is 2.51. The van der Waals surface area contributed by atoms with E-state index in [-0.39, 0.29) is 17.9 Å². The van der Waals surface area contributed by atoms with Gasteiger partial charge in [-0.25, -0.2) is 0 Å². The molecule has 0 saturated carbocycles. The van der Waals surface area contributed by atoms with E-state index in [0.29, 0.717) is 12.3 Å². The first kappa shape index (κ1) is 17.3. The molecule has 3 N–H and O–H groups in total. The van der Waals surface area contributed by atoms with Crippen molar-refractivity contribution in [1.29, 1.82) is 0 Å². The van der Waals surface area contributed by atoms with Gasteiger partial charge in [-0.3, -0.25) is 4.79 Å². The normalized spacial score (nSPS) is 14.9. The molecule has 1 aromatic carbocycles. The van der Waals surface area contributed by atoms with Gasteiger partial charge >= 0.3 is 0 Å². The summed E-state index contributed by atoms with van der Waals surface area (Å²) in [4.78, 5) is 11.9. The summed E-state index contributed by atoms with van der Waals surface area (Å²) < 4.78 is 10.9. The molecular weight excluding hydrogens is 268 g/mol. The molecule has 21 heavy (non-hydrogen) atoms. The Kier molecular flexibility index (Phi) is 7.02. The van der Waals surface area contributed by atoms with Crippen LogP contribution < -0.4 is 20.5 Å². The van der Waals surface area contributed by atoms with Gasteiger partial charge in [0.2, 0.25) is 5.91 Å². The third-order valence-corrected chi connectivity index (χ3v) is 3.50. The zero-order valence-electron chi connectivity index (χ0n) is 13.3. The minimum atomic E-state index is -0.473. The summed E-state index contributed by atoms with van der Waals surface area (Å²) in [5.41, 5.74) is 5.88. The summed E-state index contributed by atoms with van der Waals surface area (Å²) >= 11 is 0. The van der Waals surface area contributed by atoms with Crippen molar-refractivity contribution in [2.24, 2.45) is 11.7 Å². The van der Waals surface area contributed by atoms with E-state index in [4.69, 9.17) is 15.2 Å². The topological polar surface area (TPSA) is 73.6 Å². The van der Waals surface area contributed by atoms with E-state index in [0.717, 1.165) is 12.2 Å². The molecule has 1 aromatic rings. The predicted octanol–water partition coefficient (Wildman–Crippen LogP) is 1.95. The SMILES string of the molecule is CCC(C)C(N)C(=O)NCC(C)Oc1cccc(OC)c1. The second kappa shape index (κ2) is 8.52. The number of benzene rings is 1. The number of hydrogen-bond acceptors (Lipinski definition) is 4. The maximum atomic E-state index is 11.9. The number of carbonyl (C=O) groups is 1. The van der Waals surface area contributed by atoms with Crippen LogP contribution in [0.3, 0.4) is 0 Å². The standard InChI is InChI=1S/C16H26N2O3/c1-5-11(2)15(17)16(19)18-10-12(3)21-14-8-6-7-13(9-14)20-4/h6-9,11-12,15H,5,10,17H2,1-4H3,(H,18,19). The largest absolute Gasteiger partial charge is 0.497 e. The van der Waals surface area contributed by atoms with Gasteiger partial charge in [0.15, 0.2) is 0 Å². The van der Waals surface area contributed by atoms with Crippen LogP contribution in [0.1, 0.15) is 27.2 Å². The second-order valence-electron chi connectivity index (χ2n) is 5.26. The summed E-state index contributed by atoms with van der Waals surface area (Å²) in [6.07, 6.45) is 0.731. The van der Waals surface area contributed by atoms with Gasteiger partial charge in [0.1, 0.15) is 17.6 Å². The molecule has 0 saturated heterocycles. The maximum Gasteiger partial charge on any atom is 0.237 e. The summed E-state index contributed by atoms with van der Waals surface area (Å²) in [7, 11) is 1.61. The Morgan fingerprint density at radius 3 is 2.62 bits per heavy atom. The highest BCUT2D eigenvalue weighted by molar-refractivity contribution is 5.81. The van der Waals surface area contributed by atoms with Crippen molar-refractivity contribution in [2.75, 3.05) is 13.7 Å². The van der Waals surface area contributed by atoms with E-state index in [9.17, 15) is 4.79 Å². The summed E-state index contributed by atoms with van der Waals surface area (Å²) in [5, 5.41) is 2.83. The molecule has 0 aliphatic heterocycles. The van der Waals surface area contributed by atoms with Crippen molar-refractivity contribution < 1.29 is 14.3 Å². The van der Waals surface area contributed by atoms with Crippen molar-refractivity contribution in [1.82, 2.24) is 5.32 Å². The number of amides is 1. The zero-order chi connectivity index (χ0) is 15.8. The van der Waals surface area contributed by atoms with Gasteiger partial charge < -0.3 is 20.5 Å². The molecule has 0 aromatic heterocycles. The van der Waals surface area contributed by atoms with E-state index in [1.165, 1.54) is 0 Å². The first-order chi connectivity index (χ1) is 9.97. The van der Waals surface area contributed by atoms with E-state index >= 15 is 0 Å². The Hall–Kier alpha value is -1.75. The van der Waals surface area contributed by atoms with Crippen molar-refractivity contribution >= 4 is 5.91 Å². The number of rotatable bonds is 8. The highest BCUT2D eigenvalue weighted by Crippen LogP contribution is 2.19. The molecule has 5 nitrogen and oxygen atoms in total. The Labute approximate surface area is 126 Å². The monoisotopic (exact) mass is 294 g/mol. The van der Waals surface area contributed by atoms with Gasteiger partial charge in [0.05, 0.1) is 19.7 Å². The van der Waals surface area contributed by atoms with Crippen molar-refractivity contribution in [3.8, 4) is 11.5 Å². The first-order valence-corrected chi connectivity index (χ1v) is 7.31. The minimum Gasteiger partial charge on any atom is -0.497 e. The molecular formula is C16H26N2O3. The van der Waals surface area contributed by atoms with Gasteiger partial charge in [-0.15, -0.1) is 0 Å². The van der Waals surface area contributed by atoms with Gasteiger partial charge in [-0.1, -0.05) is 26.3 Å². The molecule has 0 heterocycles. The van der Waals surface area contributed by atoms with Crippen LogP contribution in [0.15, 0.2) is 24.3 Å². The van der Waals surface area contributed by atoms with Crippen molar-refractivity contribution in [3.63, 3.8) is 0 Å². The average molecular weight is 294 g/mol. The summed E-state index contributed by atoms with van der Waals surface area (Å²) in [5.74, 6) is 1.48. The van der Waals surface area contributed by atoms with Gasteiger partial charge in [-0.2, -0.15) is 0 Å². The highest BCUT2D eigenvalue weighted by atomic mass is 16.5. The number of carbonyl (C=O) groups excluding carboxylic acids is 1. The fourth-order valence-corrected chi connectivity index (χ4v) is 1.82. The molecule has 0 aliphatic rings. The van der Waals surface area contributed by atoms with Crippen LogP contribution in [0.5, 0.6) is 11.5 Å². The van der Waals surface area contributed by atoms with E-state index in [2.05, 4.69) is 5.32 Å². The van der Waals surface area contributed by atoms with Gasteiger partial charge in [-0.05, 0) is 25.0 Å². The number of ether oxygens (including phenoxy) is 2. The smallest absolute Gasteiger partial charge is 0.237 e. The molecule has 5 heteroatoms.